The number of methoxy groups -OCH3 is 2. The number of carboxylic acids is 1. The highest BCUT2D eigenvalue weighted by molar-refractivity contribution is 8.77. The number of esters is 1. The summed E-state index contributed by atoms with van der Waals surface area (Å²) in [5.74, 6) is 0.634. The van der Waals surface area contributed by atoms with Crippen molar-refractivity contribution in [3.8, 4) is 11.5 Å². The van der Waals surface area contributed by atoms with Crippen LogP contribution in [-0.4, -0.2) is 62.8 Å². The smallest absolute Gasteiger partial charge is 0.306 e. The van der Waals surface area contributed by atoms with E-state index in [-0.39, 0.29) is 31.5 Å². The predicted octanol–water partition coefficient (Wildman–Crippen LogP) is 6.70. The van der Waals surface area contributed by atoms with Gasteiger partial charge < -0.3 is 34.2 Å². The Balaban J connectivity index is 1.46. The van der Waals surface area contributed by atoms with E-state index in [0.717, 1.165) is 47.6 Å². The lowest BCUT2D eigenvalue weighted by Gasteiger charge is -2.37. The summed E-state index contributed by atoms with van der Waals surface area (Å²) in [5.41, 5.74) is 1.63. The first-order valence-corrected chi connectivity index (χ1v) is 20.1. The molecule has 3 aromatic rings. The number of carbonyl (C=O) groups excluding carboxylic acids is 3. The number of aliphatic carboxylic acids is 1. The fraction of sp³-hybridized carbons (Fsp3) is 0.475. The lowest BCUT2D eigenvalue weighted by atomic mass is 9.79. The Bertz CT molecular complexity index is 1430. The Morgan fingerprint density at radius 1 is 0.804 bits per heavy atom. The van der Waals surface area contributed by atoms with E-state index in [9.17, 15) is 19.5 Å². The SMILES string of the molecule is COc1ccc(C(OCC(CCCCNC(=O)CCCCC2CCSS2)COC(=O)CCC(=O)[O-])(c2ccccc2)c2ccc(OC)cc2)cc1. The summed E-state index contributed by atoms with van der Waals surface area (Å²) in [5, 5.41) is 14.7. The van der Waals surface area contributed by atoms with Crippen molar-refractivity contribution in [3.05, 3.63) is 95.6 Å². The molecule has 51 heavy (non-hydrogen) atoms. The number of nitrogens with one attached hydrogen (secondary N) is 1. The van der Waals surface area contributed by atoms with Gasteiger partial charge in [0.2, 0.25) is 5.91 Å². The zero-order chi connectivity index (χ0) is 36.3. The van der Waals surface area contributed by atoms with Crippen LogP contribution in [0.3, 0.4) is 0 Å². The lowest BCUT2D eigenvalue weighted by molar-refractivity contribution is -0.305. The summed E-state index contributed by atoms with van der Waals surface area (Å²) in [7, 11) is 7.18. The molecule has 1 aliphatic heterocycles. The van der Waals surface area contributed by atoms with Crippen molar-refractivity contribution in [1.82, 2.24) is 5.32 Å². The molecule has 0 aliphatic carbocycles. The standard InChI is InChI=1S/C40H51NO8S2/c1-46-34-19-15-32(16-20-34)40(31-11-4-3-5-12-31,33-17-21-35(47-2)22-18-33)49-29-30(28-48-39(45)24-23-38(43)44)10-8-9-26-41-37(42)14-7-6-13-36-25-27-50-51-36/h3-5,11-12,15-22,30,36H,6-10,13-14,23-29H2,1-2H3,(H,41,42)(H,43,44)/p-1. The van der Waals surface area contributed by atoms with Gasteiger partial charge in [-0.1, -0.05) is 89.0 Å². The van der Waals surface area contributed by atoms with Crippen molar-refractivity contribution >= 4 is 39.4 Å². The molecule has 4 rings (SSSR count). The van der Waals surface area contributed by atoms with Gasteiger partial charge in [-0.3, -0.25) is 9.59 Å². The summed E-state index contributed by atoms with van der Waals surface area (Å²) >= 11 is 0. The molecule has 1 heterocycles. The second-order valence-electron chi connectivity index (χ2n) is 12.7. The molecule has 2 unspecified atom stereocenters. The van der Waals surface area contributed by atoms with E-state index in [1.54, 1.807) is 14.2 Å². The lowest BCUT2D eigenvalue weighted by Crippen LogP contribution is -2.35. The number of rotatable bonds is 23. The molecule has 9 nitrogen and oxygen atoms in total. The predicted molar refractivity (Wildman–Crippen MR) is 201 cm³/mol. The molecule has 2 atom stereocenters. The van der Waals surface area contributed by atoms with E-state index >= 15 is 0 Å². The highest BCUT2D eigenvalue weighted by Crippen LogP contribution is 2.42. The van der Waals surface area contributed by atoms with Crippen LogP contribution < -0.4 is 19.9 Å². The van der Waals surface area contributed by atoms with Crippen LogP contribution in [-0.2, 0) is 29.5 Å². The molecule has 1 N–H and O–H groups in total. The van der Waals surface area contributed by atoms with Gasteiger partial charge in [0, 0.05) is 35.9 Å². The molecule has 3 aromatic carbocycles. The second-order valence-corrected chi connectivity index (χ2v) is 15.4. The highest BCUT2D eigenvalue weighted by Gasteiger charge is 2.38. The van der Waals surface area contributed by atoms with E-state index in [1.807, 2.05) is 100 Å². The molecule has 0 bridgehead atoms. The minimum atomic E-state index is -1.30. The molecule has 0 radical (unpaired) electrons. The van der Waals surface area contributed by atoms with Gasteiger partial charge in [0.25, 0.3) is 0 Å². The van der Waals surface area contributed by atoms with E-state index < -0.39 is 24.0 Å². The van der Waals surface area contributed by atoms with Crippen molar-refractivity contribution in [2.75, 3.05) is 39.7 Å². The number of ether oxygens (including phenoxy) is 4. The van der Waals surface area contributed by atoms with Crippen LogP contribution in [0, 0.1) is 5.92 Å². The Labute approximate surface area is 309 Å². The fourth-order valence-electron chi connectivity index (χ4n) is 6.12. The normalized spacial score (nSPS) is 14.8. The maximum Gasteiger partial charge on any atom is 0.306 e. The number of unbranched alkanes of at least 4 members (excludes halogenated alkanes) is 2. The van der Waals surface area contributed by atoms with Crippen molar-refractivity contribution in [1.29, 1.82) is 0 Å². The summed E-state index contributed by atoms with van der Waals surface area (Å²) in [6.45, 7) is 0.857. The van der Waals surface area contributed by atoms with Crippen LogP contribution >= 0.6 is 21.6 Å². The van der Waals surface area contributed by atoms with Gasteiger partial charge in [-0.15, -0.1) is 0 Å². The van der Waals surface area contributed by atoms with Gasteiger partial charge in [0.1, 0.15) is 17.1 Å². The first kappa shape index (κ1) is 40.1. The van der Waals surface area contributed by atoms with Crippen molar-refractivity contribution in [3.63, 3.8) is 0 Å². The molecule has 1 aliphatic rings. The maximum absolute atomic E-state index is 12.5. The number of benzene rings is 3. The Morgan fingerprint density at radius 2 is 1.45 bits per heavy atom. The first-order chi connectivity index (χ1) is 24.8. The summed E-state index contributed by atoms with van der Waals surface area (Å²) < 4.78 is 23.6. The van der Waals surface area contributed by atoms with Gasteiger partial charge >= 0.3 is 5.97 Å². The average Bonchev–Trinajstić information content (AvgIpc) is 3.69. The van der Waals surface area contributed by atoms with E-state index in [1.165, 1.54) is 18.6 Å². The third-order valence-electron chi connectivity index (χ3n) is 8.99. The minimum absolute atomic E-state index is 0.0616. The maximum atomic E-state index is 12.5. The highest BCUT2D eigenvalue weighted by atomic mass is 33.1. The van der Waals surface area contributed by atoms with E-state index in [0.29, 0.717) is 30.9 Å². The number of hydrogen-bond donors (Lipinski definition) is 1. The van der Waals surface area contributed by atoms with Crippen LogP contribution in [0.15, 0.2) is 78.9 Å². The number of hydrogen-bond acceptors (Lipinski definition) is 10. The van der Waals surface area contributed by atoms with Crippen LogP contribution in [0.5, 0.6) is 11.5 Å². The Hall–Kier alpha value is -3.67. The van der Waals surface area contributed by atoms with Crippen molar-refractivity contribution < 1.29 is 38.4 Å². The minimum Gasteiger partial charge on any atom is -0.550 e. The number of amides is 1. The zero-order valence-corrected chi connectivity index (χ0v) is 31.3. The molecule has 11 heteroatoms. The molecule has 0 aromatic heterocycles. The van der Waals surface area contributed by atoms with Gasteiger partial charge in [-0.2, -0.15) is 0 Å². The molecule has 0 saturated carbocycles. The first-order valence-electron chi connectivity index (χ1n) is 17.7. The molecular formula is C40H50NO8S2-. The fourth-order valence-corrected chi connectivity index (χ4v) is 9.14. The third-order valence-corrected chi connectivity index (χ3v) is 12.0. The number of carboxylic acid groups (broad SMARTS) is 1. The van der Waals surface area contributed by atoms with Crippen LogP contribution in [0.1, 0.15) is 80.9 Å². The van der Waals surface area contributed by atoms with Gasteiger partial charge in [0.05, 0.1) is 33.9 Å². The van der Waals surface area contributed by atoms with Crippen molar-refractivity contribution in [2.45, 2.75) is 75.1 Å². The molecule has 1 fully saturated rings. The van der Waals surface area contributed by atoms with Gasteiger partial charge in [-0.25, -0.2) is 0 Å². The van der Waals surface area contributed by atoms with Crippen molar-refractivity contribution in [2.24, 2.45) is 5.92 Å². The molecule has 0 spiro atoms. The number of carbonyl (C=O) groups is 3. The average molecular weight is 737 g/mol. The Kier molecular flexibility index (Phi) is 17.0. The zero-order valence-electron chi connectivity index (χ0n) is 29.6. The summed E-state index contributed by atoms with van der Waals surface area (Å²) in [4.78, 5) is 35.8. The molecule has 1 amide bonds. The summed E-state index contributed by atoms with van der Waals surface area (Å²) in [6, 6.07) is 25.5. The summed E-state index contributed by atoms with van der Waals surface area (Å²) in [6.07, 6.45) is 6.50. The van der Waals surface area contributed by atoms with E-state index in [4.69, 9.17) is 18.9 Å². The Morgan fingerprint density at radius 3 is 2.04 bits per heavy atom. The quantitative estimate of drug-likeness (QED) is 0.0487. The second kappa shape index (κ2) is 21.6. The molecule has 276 valence electrons. The van der Waals surface area contributed by atoms with Gasteiger partial charge in [-0.05, 0) is 79.5 Å². The monoisotopic (exact) mass is 736 g/mol. The largest absolute Gasteiger partial charge is 0.550 e. The molecular weight excluding hydrogens is 687 g/mol. The third kappa shape index (κ3) is 12.8. The van der Waals surface area contributed by atoms with Crippen LogP contribution in [0.4, 0.5) is 0 Å². The van der Waals surface area contributed by atoms with E-state index in [2.05, 4.69) is 5.32 Å². The van der Waals surface area contributed by atoms with Crippen LogP contribution in [0.2, 0.25) is 0 Å². The van der Waals surface area contributed by atoms with Gasteiger partial charge in [0.15, 0.2) is 0 Å². The topological polar surface area (TPSA) is 123 Å². The van der Waals surface area contributed by atoms with Crippen LogP contribution in [0.25, 0.3) is 0 Å². The molecule has 1 saturated heterocycles.